The average molecular weight is 258 g/mol. The maximum atomic E-state index is 4.75. The van der Waals surface area contributed by atoms with Crippen LogP contribution < -0.4 is 5.32 Å². The molecule has 0 saturated heterocycles. The highest BCUT2D eigenvalue weighted by Crippen LogP contribution is 2.36. The van der Waals surface area contributed by atoms with Gasteiger partial charge in [-0.2, -0.15) is 15.2 Å². The molecule has 2 aromatic heterocycles. The first-order valence-electron chi connectivity index (χ1n) is 7.01. The molecule has 1 atom stereocenters. The van der Waals surface area contributed by atoms with Crippen LogP contribution >= 0.6 is 0 Å². The van der Waals surface area contributed by atoms with E-state index in [1.807, 2.05) is 22.6 Å². The summed E-state index contributed by atoms with van der Waals surface area (Å²) in [6.45, 7) is 0.943. The van der Waals surface area contributed by atoms with Crippen LogP contribution in [-0.2, 0) is 7.05 Å². The largest absolute Gasteiger partial charge is 0.354 e. The number of fused-ring (bicyclic) bond motifs is 1. The summed E-state index contributed by atoms with van der Waals surface area (Å²) < 4.78 is 3.98. The Hall–Kier alpha value is -1.85. The Morgan fingerprint density at radius 1 is 1.32 bits per heavy atom. The van der Waals surface area contributed by atoms with Crippen LogP contribution in [0.2, 0.25) is 0 Å². The summed E-state index contributed by atoms with van der Waals surface area (Å²) in [5.74, 6) is 2.51. The van der Waals surface area contributed by atoms with Gasteiger partial charge in [-0.15, -0.1) is 0 Å². The number of nitrogens with zero attached hydrogens (tertiary/aromatic N) is 5. The van der Waals surface area contributed by atoms with Crippen molar-refractivity contribution in [2.75, 3.05) is 11.9 Å². The van der Waals surface area contributed by atoms with Crippen LogP contribution in [0.15, 0.2) is 12.3 Å². The van der Waals surface area contributed by atoms with E-state index in [2.05, 4.69) is 21.5 Å². The Bertz CT molecular complexity index is 594. The molecule has 6 nitrogen and oxygen atoms in total. The van der Waals surface area contributed by atoms with Gasteiger partial charge in [-0.1, -0.05) is 6.42 Å². The molecule has 2 aromatic rings. The SMILES string of the molecule is Cn1nccc1C1CCNc2nc(C3CCC3)nn21. The van der Waals surface area contributed by atoms with Crippen LogP contribution in [0.25, 0.3) is 0 Å². The molecule has 2 aliphatic rings. The van der Waals surface area contributed by atoms with Crippen molar-refractivity contribution >= 4 is 5.95 Å². The van der Waals surface area contributed by atoms with E-state index >= 15 is 0 Å². The van der Waals surface area contributed by atoms with E-state index in [0.717, 1.165) is 24.7 Å². The van der Waals surface area contributed by atoms with E-state index in [4.69, 9.17) is 5.10 Å². The number of hydrogen-bond acceptors (Lipinski definition) is 4. The number of hydrogen-bond donors (Lipinski definition) is 1. The molecular formula is C13H18N6. The minimum Gasteiger partial charge on any atom is -0.354 e. The van der Waals surface area contributed by atoms with Gasteiger partial charge >= 0.3 is 0 Å². The van der Waals surface area contributed by atoms with Crippen molar-refractivity contribution in [2.24, 2.45) is 7.05 Å². The Balaban J connectivity index is 1.73. The third kappa shape index (κ3) is 1.66. The van der Waals surface area contributed by atoms with E-state index in [-0.39, 0.29) is 6.04 Å². The Labute approximate surface area is 111 Å². The average Bonchev–Trinajstić information content (AvgIpc) is 2.92. The van der Waals surface area contributed by atoms with Crippen molar-refractivity contribution in [3.05, 3.63) is 23.8 Å². The summed E-state index contributed by atoms with van der Waals surface area (Å²) in [7, 11) is 1.99. The van der Waals surface area contributed by atoms with Crippen LogP contribution in [0, 0.1) is 0 Å². The fourth-order valence-corrected chi connectivity index (χ4v) is 2.94. The fraction of sp³-hybridized carbons (Fsp3) is 0.615. The molecule has 1 aliphatic carbocycles. The van der Waals surface area contributed by atoms with Crippen LogP contribution in [-0.4, -0.2) is 31.1 Å². The van der Waals surface area contributed by atoms with E-state index in [1.54, 1.807) is 0 Å². The molecule has 0 bridgehead atoms. The van der Waals surface area contributed by atoms with Gasteiger partial charge in [0.2, 0.25) is 5.95 Å². The standard InChI is InChI=1S/C13H18N6/c1-18-10(6-8-15-18)11-5-7-14-13-16-12(17-19(11)13)9-3-2-4-9/h6,8-9,11H,2-5,7H2,1H3,(H,14,16,17). The molecule has 1 N–H and O–H groups in total. The van der Waals surface area contributed by atoms with Gasteiger partial charge in [0.05, 0.1) is 11.7 Å². The van der Waals surface area contributed by atoms with Crippen molar-refractivity contribution in [1.29, 1.82) is 0 Å². The van der Waals surface area contributed by atoms with Crippen LogP contribution in [0.1, 0.15) is 49.2 Å². The number of nitrogens with one attached hydrogen (secondary N) is 1. The molecule has 0 radical (unpaired) electrons. The Kier molecular flexibility index (Phi) is 2.36. The molecular weight excluding hydrogens is 240 g/mol. The predicted molar refractivity (Wildman–Crippen MR) is 71.1 cm³/mol. The quantitative estimate of drug-likeness (QED) is 0.890. The summed E-state index contributed by atoms with van der Waals surface area (Å²) in [4.78, 5) is 4.67. The van der Waals surface area contributed by atoms with Gasteiger partial charge in [0, 0.05) is 25.7 Å². The number of rotatable bonds is 2. The molecule has 4 rings (SSSR count). The Morgan fingerprint density at radius 3 is 2.89 bits per heavy atom. The van der Waals surface area contributed by atoms with Gasteiger partial charge in [-0.05, 0) is 25.3 Å². The lowest BCUT2D eigenvalue weighted by atomic mass is 9.85. The zero-order valence-electron chi connectivity index (χ0n) is 11.1. The van der Waals surface area contributed by atoms with Gasteiger partial charge in [0.15, 0.2) is 5.82 Å². The molecule has 0 aromatic carbocycles. The topological polar surface area (TPSA) is 60.6 Å². The normalized spacial score (nSPS) is 22.7. The summed E-state index contributed by atoms with van der Waals surface area (Å²) in [6, 6.07) is 2.33. The van der Waals surface area contributed by atoms with Crippen LogP contribution in [0.5, 0.6) is 0 Å². The molecule has 1 aliphatic heterocycles. The predicted octanol–water partition coefficient (Wildman–Crippen LogP) is 1.68. The van der Waals surface area contributed by atoms with Crippen molar-refractivity contribution in [1.82, 2.24) is 24.5 Å². The highest BCUT2D eigenvalue weighted by atomic mass is 15.4. The minimum absolute atomic E-state index is 0.255. The third-order valence-corrected chi connectivity index (χ3v) is 4.31. The first-order valence-corrected chi connectivity index (χ1v) is 7.01. The second-order valence-corrected chi connectivity index (χ2v) is 5.48. The summed E-state index contributed by atoms with van der Waals surface area (Å²) >= 11 is 0. The van der Waals surface area contributed by atoms with Gasteiger partial charge in [-0.3, -0.25) is 4.68 Å². The van der Waals surface area contributed by atoms with E-state index in [1.165, 1.54) is 25.0 Å². The first-order chi connectivity index (χ1) is 9.33. The van der Waals surface area contributed by atoms with Crippen LogP contribution in [0.4, 0.5) is 5.95 Å². The smallest absolute Gasteiger partial charge is 0.222 e. The molecule has 0 spiro atoms. The number of aromatic nitrogens is 5. The highest BCUT2D eigenvalue weighted by Gasteiger charge is 2.30. The molecule has 1 unspecified atom stereocenters. The van der Waals surface area contributed by atoms with Crippen molar-refractivity contribution in [3.8, 4) is 0 Å². The monoisotopic (exact) mass is 258 g/mol. The van der Waals surface area contributed by atoms with Gasteiger partial charge in [0.25, 0.3) is 0 Å². The summed E-state index contributed by atoms with van der Waals surface area (Å²) in [6.07, 6.45) is 6.66. The molecule has 0 amide bonds. The molecule has 1 fully saturated rings. The third-order valence-electron chi connectivity index (χ3n) is 4.31. The lowest BCUT2D eigenvalue weighted by Gasteiger charge is -2.24. The van der Waals surface area contributed by atoms with Gasteiger partial charge in [-0.25, -0.2) is 4.68 Å². The lowest BCUT2D eigenvalue weighted by Crippen LogP contribution is -2.26. The summed E-state index contributed by atoms with van der Waals surface area (Å²) in [5.41, 5.74) is 1.20. The van der Waals surface area contributed by atoms with Crippen molar-refractivity contribution in [2.45, 2.75) is 37.6 Å². The van der Waals surface area contributed by atoms with Gasteiger partial charge in [0.1, 0.15) is 0 Å². The number of anilines is 1. The molecule has 1 saturated carbocycles. The highest BCUT2D eigenvalue weighted by molar-refractivity contribution is 5.31. The zero-order chi connectivity index (χ0) is 12.8. The molecule has 6 heteroatoms. The second kappa shape index (κ2) is 4.08. The zero-order valence-corrected chi connectivity index (χ0v) is 11.1. The maximum absolute atomic E-state index is 4.75. The van der Waals surface area contributed by atoms with E-state index in [0.29, 0.717) is 5.92 Å². The van der Waals surface area contributed by atoms with E-state index in [9.17, 15) is 0 Å². The first kappa shape index (κ1) is 11.0. The minimum atomic E-state index is 0.255. The Morgan fingerprint density at radius 2 is 2.21 bits per heavy atom. The summed E-state index contributed by atoms with van der Waals surface area (Å²) in [5, 5.41) is 12.4. The van der Waals surface area contributed by atoms with Gasteiger partial charge < -0.3 is 5.32 Å². The molecule has 3 heterocycles. The second-order valence-electron chi connectivity index (χ2n) is 5.48. The van der Waals surface area contributed by atoms with Crippen molar-refractivity contribution in [3.63, 3.8) is 0 Å². The number of aryl methyl sites for hydroxylation is 1. The lowest BCUT2D eigenvalue weighted by molar-refractivity contribution is 0.391. The van der Waals surface area contributed by atoms with Crippen molar-refractivity contribution < 1.29 is 0 Å². The molecule has 100 valence electrons. The maximum Gasteiger partial charge on any atom is 0.222 e. The van der Waals surface area contributed by atoms with Crippen LogP contribution in [0.3, 0.4) is 0 Å². The fourth-order valence-electron chi connectivity index (χ4n) is 2.94. The van der Waals surface area contributed by atoms with E-state index < -0.39 is 0 Å². The molecule has 19 heavy (non-hydrogen) atoms.